The molecule has 0 fully saturated rings. The quantitative estimate of drug-likeness (QED) is 0.745. The van der Waals surface area contributed by atoms with E-state index >= 15 is 0 Å². The standard InChI is InChI=1S/C13H21FN2/c1-4-15-7-8-16(3)10-12-6-5-11(2)9-13(12)14/h5-6,9,15H,4,7-8,10H2,1-3H3. The Morgan fingerprint density at radius 1 is 1.38 bits per heavy atom. The summed E-state index contributed by atoms with van der Waals surface area (Å²) in [5, 5.41) is 3.25. The van der Waals surface area contributed by atoms with Crippen molar-refractivity contribution < 1.29 is 4.39 Å². The zero-order chi connectivity index (χ0) is 12.0. The highest BCUT2D eigenvalue weighted by atomic mass is 19.1. The lowest BCUT2D eigenvalue weighted by Gasteiger charge is -2.17. The summed E-state index contributed by atoms with van der Waals surface area (Å²) in [6.07, 6.45) is 0. The summed E-state index contributed by atoms with van der Waals surface area (Å²) in [6, 6.07) is 5.42. The van der Waals surface area contributed by atoms with Crippen molar-refractivity contribution in [3.63, 3.8) is 0 Å². The fourth-order valence-electron chi connectivity index (χ4n) is 1.60. The Balaban J connectivity index is 2.46. The summed E-state index contributed by atoms with van der Waals surface area (Å²) in [5.41, 5.74) is 1.74. The molecule has 0 heterocycles. The van der Waals surface area contributed by atoms with Gasteiger partial charge in [0.1, 0.15) is 5.82 Å². The topological polar surface area (TPSA) is 15.3 Å². The molecule has 0 bridgehead atoms. The van der Waals surface area contributed by atoms with Gasteiger partial charge in [0.05, 0.1) is 0 Å². The third kappa shape index (κ3) is 4.29. The third-order valence-corrected chi connectivity index (χ3v) is 2.57. The first kappa shape index (κ1) is 13.1. The lowest BCUT2D eigenvalue weighted by molar-refractivity contribution is 0.320. The van der Waals surface area contributed by atoms with Crippen LogP contribution < -0.4 is 5.32 Å². The lowest BCUT2D eigenvalue weighted by atomic mass is 10.1. The summed E-state index contributed by atoms with van der Waals surface area (Å²) in [6.45, 7) is 7.51. The van der Waals surface area contributed by atoms with Crippen LogP contribution in [0.15, 0.2) is 18.2 Å². The maximum Gasteiger partial charge on any atom is 0.127 e. The van der Waals surface area contributed by atoms with E-state index in [1.807, 2.05) is 26.1 Å². The first-order chi connectivity index (χ1) is 7.63. The Morgan fingerprint density at radius 3 is 2.75 bits per heavy atom. The van der Waals surface area contributed by atoms with E-state index in [1.165, 1.54) is 0 Å². The van der Waals surface area contributed by atoms with E-state index in [9.17, 15) is 4.39 Å². The molecule has 0 aliphatic carbocycles. The molecule has 16 heavy (non-hydrogen) atoms. The molecule has 90 valence electrons. The zero-order valence-corrected chi connectivity index (χ0v) is 10.4. The monoisotopic (exact) mass is 224 g/mol. The number of hydrogen-bond donors (Lipinski definition) is 1. The Hall–Kier alpha value is -0.930. The van der Waals surface area contributed by atoms with Crippen molar-refractivity contribution in [2.24, 2.45) is 0 Å². The van der Waals surface area contributed by atoms with E-state index in [2.05, 4.69) is 17.1 Å². The van der Waals surface area contributed by atoms with Crippen LogP contribution in [0.25, 0.3) is 0 Å². The molecule has 0 saturated heterocycles. The van der Waals surface area contributed by atoms with E-state index < -0.39 is 0 Å². The molecule has 0 spiro atoms. The molecule has 0 aliphatic heterocycles. The van der Waals surface area contributed by atoms with Crippen molar-refractivity contribution in [3.05, 3.63) is 35.1 Å². The molecule has 0 amide bonds. The minimum absolute atomic E-state index is 0.102. The lowest BCUT2D eigenvalue weighted by Crippen LogP contribution is -2.29. The van der Waals surface area contributed by atoms with Gasteiger partial charge in [-0.15, -0.1) is 0 Å². The van der Waals surface area contributed by atoms with Crippen molar-refractivity contribution in [1.82, 2.24) is 10.2 Å². The summed E-state index contributed by atoms with van der Waals surface area (Å²) >= 11 is 0. The van der Waals surface area contributed by atoms with Gasteiger partial charge in [0.2, 0.25) is 0 Å². The predicted molar refractivity (Wildman–Crippen MR) is 66.0 cm³/mol. The van der Waals surface area contributed by atoms with Crippen molar-refractivity contribution >= 4 is 0 Å². The number of likely N-dealkylation sites (N-methyl/N-ethyl adjacent to an activating group) is 2. The van der Waals surface area contributed by atoms with Crippen molar-refractivity contribution in [3.8, 4) is 0 Å². The average Bonchev–Trinajstić information content (AvgIpc) is 2.23. The first-order valence-electron chi connectivity index (χ1n) is 5.77. The van der Waals surface area contributed by atoms with Crippen LogP contribution >= 0.6 is 0 Å². The zero-order valence-electron chi connectivity index (χ0n) is 10.4. The SMILES string of the molecule is CCNCCN(C)Cc1ccc(C)cc1F. The summed E-state index contributed by atoms with van der Waals surface area (Å²) < 4.78 is 13.6. The molecule has 0 radical (unpaired) electrons. The molecule has 0 aromatic heterocycles. The highest BCUT2D eigenvalue weighted by molar-refractivity contribution is 5.23. The Labute approximate surface area is 97.5 Å². The number of aryl methyl sites for hydroxylation is 1. The van der Waals surface area contributed by atoms with Gasteiger partial charge in [0, 0.05) is 25.2 Å². The van der Waals surface area contributed by atoms with E-state index in [4.69, 9.17) is 0 Å². The van der Waals surface area contributed by atoms with Gasteiger partial charge in [-0.3, -0.25) is 0 Å². The molecule has 1 rings (SSSR count). The van der Waals surface area contributed by atoms with Crippen LogP contribution in [0.5, 0.6) is 0 Å². The Morgan fingerprint density at radius 2 is 2.12 bits per heavy atom. The Bertz CT molecular complexity index is 326. The molecule has 3 heteroatoms. The second-order valence-corrected chi connectivity index (χ2v) is 4.19. The first-order valence-corrected chi connectivity index (χ1v) is 5.77. The van der Waals surface area contributed by atoms with E-state index in [-0.39, 0.29) is 5.82 Å². The molecule has 1 aromatic carbocycles. The van der Waals surface area contributed by atoms with Gasteiger partial charge in [-0.1, -0.05) is 19.1 Å². The molecular formula is C13H21FN2. The summed E-state index contributed by atoms with van der Waals surface area (Å²) in [4.78, 5) is 2.12. The van der Waals surface area contributed by atoms with Crippen LogP contribution in [0, 0.1) is 12.7 Å². The van der Waals surface area contributed by atoms with Crippen LogP contribution in [0.1, 0.15) is 18.1 Å². The molecular weight excluding hydrogens is 203 g/mol. The van der Waals surface area contributed by atoms with Gasteiger partial charge < -0.3 is 10.2 Å². The molecule has 2 nitrogen and oxygen atoms in total. The highest BCUT2D eigenvalue weighted by Gasteiger charge is 2.05. The predicted octanol–water partition coefficient (Wildman–Crippen LogP) is 2.18. The normalized spacial score (nSPS) is 11.1. The van der Waals surface area contributed by atoms with Gasteiger partial charge in [-0.05, 0) is 32.1 Å². The number of rotatable bonds is 6. The van der Waals surface area contributed by atoms with Crippen molar-refractivity contribution in [2.45, 2.75) is 20.4 Å². The number of hydrogen-bond acceptors (Lipinski definition) is 2. The van der Waals surface area contributed by atoms with E-state index in [0.717, 1.165) is 30.8 Å². The van der Waals surface area contributed by atoms with Crippen molar-refractivity contribution in [1.29, 1.82) is 0 Å². The van der Waals surface area contributed by atoms with Crippen LogP contribution in [0.4, 0.5) is 4.39 Å². The average molecular weight is 224 g/mol. The van der Waals surface area contributed by atoms with Crippen LogP contribution in [-0.4, -0.2) is 31.6 Å². The minimum atomic E-state index is -0.102. The van der Waals surface area contributed by atoms with Gasteiger partial charge >= 0.3 is 0 Å². The van der Waals surface area contributed by atoms with E-state index in [1.54, 1.807) is 6.07 Å². The smallest absolute Gasteiger partial charge is 0.127 e. The molecule has 0 unspecified atom stereocenters. The van der Waals surface area contributed by atoms with Crippen LogP contribution in [0.2, 0.25) is 0 Å². The minimum Gasteiger partial charge on any atom is -0.316 e. The second-order valence-electron chi connectivity index (χ2n) is 4.19. The third-order valence-electron chi connectivity index (χ3n) is 2.57. The molecule has 0 saturated carbocycles. The summed E-state index contributed by atoms with van der Waals surface area (Å²) in [5.74, 6) is -0.102. The highest BCUT2D eigenvalue weighted by Crippen LogP contribution is 2.11. The van der Waals surface area contributed by atoms with Gasteiger partial charge in [0.15, 0.2) is 0 Å². The second kappa shape index (κ2) is 6.61. The number of nitrogens with zero attached hydrogens (tertiary/aromatic N) is 1. The van der Waals surface area contributed by atoms with Gasteiger partial charge in [0.25, 0.3) is 0 Å². The van der Waals surface area contributed by atoms with Gasteiger partial charge in [-0.2, -0.15) is 0 Å². The largest absolute Gasteiger partial charge is 0.316 e. The number of nitrogens with one attached hydrogen (secondary N) is 1. The molecule has 1 aromatic rings. The van der Waals surface area contributed by atoms with Gasteiger partial charge in [-0.25, -0.2) is 4.39 Å². The maximum absolute atomic E-state index is 13.6. The van der Waals surface area contributed by atoms with Crippen LogP contribution in [0.3, 0.4) is 0 Å². The molecule has 0 atom stereocenters. The molecule has 1 N–H and O–H groups in total. The number of benzene rings is 1. The fraction of sp³-hybridized carbons (Fsp3) is 0.538. The van der Waals surface area contributed by atoms with E-state index in [0.29, 0.717) is 6.54 Å². The molecule has 0 aliphatic rings. The Kier molecular flexibility index (Phi) is 5.43. The van der Waals surface area contributed by atoms with Crippen molar-refractivity contribution in [2.75, 3.05) is 26.7 Å². The van der Waals surface area contributed by atoms with Crippen LogP contribution in [-0.2, 0) is 6.54 Å². The fourth-order valence-corrected chi connectivity index (χ4v) is 1.60. The number of halogens is 1. The maximum atomic E-state index is 13.6. The summed E-state index contributed by atoms with van der Waals surface area (Å²) in [7, 11) is 2.01.